The molecular weight excluding hydrogens is 386 g/mol. The quantitative estimate of drug-likeness (QED) is 0.681. The number of alkyl halides is 2. The summed E-state index contributed by atoms with van der Waals surface area (Å²) in [5.74, 6) is 0.282. The average molecular weight is 402 g/mol. The lowest BCUT2D eigenvalue weighted by Crippen LogP contribution is -2.27. The number of hydrogen-bond acceptors (Lipinski definition) is 6. The highest BCUT2D eigenvalue weighted by molar-refractivity contribution is 5.97. The summed E-state index contributed by atoms with van der Waals surface area (Å²) in [5, 5.41) is 9.49. The maximum absolute atomic E-state index is 13.3. The average Bonchev–Trinajstić information content (AvgIpc) is 3.28. The molecule has 0 aliphatic carbocycles. The van der Waals surface area contributed by atoms with Crippen LogP contribution in [0.2, 0.25) is 0 Å². The van der Waals surface area contributed by atoms with Crippen molar-refractivity contribution in [2.75, 3.05) is 7.11 Å². The third-order valence-corrected chi connectivity index (χ3v) is 4.22. The van der Waals surface area contributed by atoms with Crippen molar-refractivity contribution in [3.63, 3.8) is 0 Å². The minimum Gasteiger partial charge on any atom is -0.496 e. The van der Waals surface area contributed by atoms with Crippen molar-refractivity contribution < 1.29 is 27.8 Å². The maximum atomic E-state index is 13.3. The molecule has 2 aromatic carbocycles. The fourth-order valence-corrected chi connectivity index (χ4v) is 2.90. The summed E-state index contributed by atoms with van der Waals surface area (Å²) in [6.45, 7) is 1.94. The zero-order valence-electron chi connectivity index (χ0n) is 15.5. The van der Waals surface area contributed by atoms with Crippen LogP contribution in [0.5, 0.6) is 17.2 Å². The van der Waals surface area contributed by atoms with E-state index in [1.54, 1.807) is 7.11 Å². The second-order valence-corrected chi connectivity index (χ2v) is 6.29. The molecular formula is C19H16F2N4O4. The van der Waals surface area contributed by atoms with Crippen LogP contribution < -0.4 is 19.5 Å². The zero-order valence-corrected chi connectivity index (χ0v) is 15.5. The molecule has 2 heterocycles. The smallest absolute Gasteiger partial charge is 0.496 e. The largest absolute Gasteiger partial charge is 0.586 e. The SMILES string of the molecule is COc1ccc(C)cc1-c1n[nH]c(CNC(=O)c2cccc3c2OC(F)(F)O3)n1. The molecule has 0 bridgehead atoms. The summed E-state index contributed by atoms with van der Waals surface area (Å²) < 4.78 is 40.7. The molecule has 1 aromatic heterocycles. The summed E-state index contributed by atoms with van der Waals surface area (Å²) in [4.78, 5) is 16.8. The van der Waals surface area contributed by atoms with Gasteiger partial charge in [-0.15, -0.1) is 8.78 Å². The molecule has 10 heteroatoms. The second-order valence-electron chi connectivity index (χ2n) is 6.29. The number of H-pyrrole nitrogens is 1. The molecule has 0 saturated heterocycles. The molecule has 4 rings (SSSR count). The molecule has 1 aliphatic heterocycles. The van der Waals surface area contributed by atoms with Crippen molar-refractivity contribution in [1.29, 1.82) is 0 Å². The number of halogens is 2. The van der Waals surface area contributed by atoms with E-state index in [1.165, 1.54) is 18.2 Å². The number of amides is 1. The van der Waals surface area contributed by atoms with Gasteiger partial charge in [-0.3, -0.25) is 9.89 Å². The highest BCUT2D eigenvalue weighted by Gasteiger charge is 2.45. The predicted molar refractivity (Wildman–Crippen MR) is 96.9 cm³/mol. The van der Waals surface area contributed by atoms with Crippen LogP contribution in [-0.4, -0.2) is 34.5 Å². The Kier molecular flexibility index (Phi) is 4.53. The van der Waals surface area contributed by atoms with E-state index >= 15 is 0 Å². The van der Waals surface area contributed by atoms with Crippen molar-refractivity contribution in [3.05, 3.63) is 53.3 Å². The number of carbonyl (C=O) groups is 1. The second kappa shape index (κ2) is 7.04. The monoisotopic (exact) mass is 402 g/mol. The Labute approximate surface area is 163 Å². The third kappa shape index (κ3) is 3.68. The molecule has 0 fully saturated rings. The van der Waals surface area contributed by atoms with Gasteiger partial charge in [-0.1, -0.05) is 17.7 Å². The van der Waals surface area contributed by atoms with Crippen LogP contribution in [0.25, 0.3) is 11.4 Å². The first-order valence-electron chi connectivity index (χ1n) is 8.59. The van der Waals surface area contributed by atoms with Crippen LogP contribution in [0.4, 0.5) is 8.78 Å². The van der Waals surface area contributed by atoms with Crippen molar-refractivity contribution in [1.82, 2.24) is 20.5 Å². The standard InChI is InChI=1S/C19H16F2N4O4/c1-10-6-7-13(27-2)12(8-10)17-23-15(24-25-17)9-22-18(26)11-4-3-5-14-16(11)29-19(20,21)28-14/h3-8H,9H2,1-2H3,(H,22,26)(H,23,24,25). The Morgan fingerprint density at radius 1 is 1.28 bits per heavy atom. The van der Waals surface area contributed by atoms with E-state index < -0.39 is 12.2 Å². The lowest BCUT2D eigenvalue weighted by Gasteiger charge is -2.07. The lowest BCUT2D eigenvalue weighted by atomic mass is 10.1. The molecule has 0 atom stereocenters. The van der Waals surface area contributed by atoms with Crippen LogP contribution in [0.3, 0.4) is 0 Å². The van der Waals surface area contributed by atoms with E-state index in [0.29, 0.717) is 23.0 Å². The van der Waals surface area contributed by atoms with Crippen LogP contribution in [0, 0.1) is 6.92 Å². The first-order chi connectivity index (χ1) is 13.9. The Balaban J connectivity index is 1.49. The summed E-state index contributed by atoms with van der Waals surface area (Å²) in [6, 6.07) is 9.69. The zero-order chi connectivity index (χ0) is 20.6. The van der Waals surface area contributed by atoms with Crippen LogP contribution >= 0.6 is 0 Å². The number of aromatic nitrogens is 3. The number of methoxy groups -OCH3 is 1. The Hall–Kier alpha value is -3.69. The minimum atomic E-state index is -3.80. The first kappa shape index (κ1) is 18.7. The number of fused-ring (bicyclic) bond motifs is 1. The van der Waals surface area contributed by atoms with Crippen molar-refractivity contribution in [2.45, 2.75) is 19.8 Å². The molecule has 2 N–H and O–H groups in total. The fourth-order valence-electron chi connectivity index (χ4n) is 2.90. The number of aromatic amines is 1. The van der Waals surface area contributed by atoms with E-state index in [0.717, 1.165) is 5.56 Å². The number of ether oxygens (including phenoxy) is 3. The van der Waals surface area contributed by atoms with Gasteiger partial charge in [0, 0.05) is 0 Å². The first-order valence-corrected chi connectivity index (χ1v) is 8.59. The lowest BCUT2D eigenvalue weighted by molar-refractivity contribution is -0.286. The molecule has 1 aliphatic rings. The van der Waals surface area contributed by atoms with E-state index in [9.17, 15) is 13.6 Å². The molecule has 29 heavy (non-hydrogen) atoms. The molecule has 0 unspecified atom stereocenters. The van der Waals surface area contributed by atoms with Crippen LogP contribution in [0.1, 0.15) is 21.7 Å². The van der Waals surface area contributed by atoms with Gasteiger partial charge < -0.3 is 19.5 Å². The number of rotatable bonds is 5. The number of para-hydroxylation sites is 1. The van der Waals surface area contributed by atoms with Gasteiger partial charge in [0.05, 0.1) is 24.8 Å². The molecule has 150 valence electrons. The fraction of sp³-hybridized carbons (Fsp3) is 0.211. The summed E-state index contributed by atoms with van der Waals surface area (Å²) in [6.07, 6.45) is -3.80. The van der Waals surface area contributed by atoms with Gasteiger partial charge >= 0.3 is 6.29 Å². The van der Waals surface area contributed by atoms with Crippen molar-refractivity contribution in [3.8, 4) is 28.6 Å². The maximum Gasteiger partial charge on any atom is 0.586 e. The Morgan fingerprint density at radius 3 is 2.90 bits per heavy atom. The molecule has 1 amide bonds. The van der Waals surface area contributed by atoms with Gasteiger partial charge in [0.2, 0.25) is 0 Å². The van der Waals surface area contributed by atoms with E-state index in [1.807, 2.05) is 25.1 Å². The molecule has 0 radical (unpaired) electrons. The highest BCUT2D eigenvalue weighted by Crippen LogP contribution is 2.43. The van der Waals surface area contributed by atoms with Crippen molar-refractivity contribution in [2.24, 2.45) is 0 Å². The Bertz CT molecular complexity index is 1080. The van der Waals surface area contributed by atoms with Crippen LogP contribution in [0.15, 0.2) is 36.4 Å². The number of aryl methyl sites for hydroxylation is 1. The number of benzene rings is 2. The normalized spacial score (nSPS) is 13.9. The van der Waals surface area contributed by atoms with Gasteiger partial charge in [0.1, 0.15) is 11.6 Å². The number of nitrogens with zero attached hydrogens (tertiary/aromatic N) is 2. The van der Waals surface area contributed by atoms with E-state index in [-0.39, 0.29) is 23.6 Å². The van der Waals surface area contributed by atoms with E-state index in [2.05, 4.69) is 30.0 Å². The Morgan fingerprint density at radius 2 is 2.10 bits per heavy atom. The van der Waals surface area contributed by atoms with E-state index in [4.69, 9.17) is 4.74 Å². The minimum absolute atomic E-state index is 0.000875. The topological polar surface area (TPSA) is 98.4 Å². The number of nitrogens with one attached hydrogen (secondary N) is 2. The number of hydrogen-bond donors (Lipinski definition) is 2. The van der Waals surface area contributed by atoms with Gasteiger partial charge in [0.15, 0.2) is 17.3 Å². The summed E-state index contributed by atoms with van der Waals surface area (Å²) in [5.41, 5.74) is 1.65. The molecule has 3 aromatic rings. The van der Waals surface area contributed by atoms with Gasteiger partial charge in [-0.05, 0) is 31.2 Å². The summed E-state index contributed by atoms with van der Waals surface area (Å²) in [7, 11) is 1.55. The predicted octanol–water partition coefficient (Wildman–Crippen LogP) is 3.04. The van der Waals surface area contributed by atoms with Crippen LogP contribution in [-0.2, 0) is 6.54 Å². The van der Waals surface area contributed by atoms with Gasteiger partial charge in [0.25, 0.3) is 5.91 Å². The van der Waals surface area contributed by atoms with Crippen molar-refractivity contribution >= 4 is 5.91 Å². The number of carbonyl (C=O) groups excluding carboxylic acids is 1. The highest BCUT2D eigenvalue weighted by atomic mass is 19.3. The molecule has 8 nitrogen and oxygen atoms in total. The summed E-state index contributed by atoms with van der Waals surface area (Å²) >= 11 is 0. The van der Waals surface area contributed by atoms with Gasteiger partial charge in [-0.2, -0.15) is 5.10 Å². The molecule has 0 saturated carbocycles. The third-order valence-electron chi connectivity index (χ3n) is 4.22. The molecule has 0 spiro atoms. The van der Waals surface area contributed by atoms with Gasteiger partial charge in [-0.25, -0.2) is 4.98 Å².